The summed E-state index contributed by atoms with van der Waals surface area (Å²) in [5.41, 5.74) is 5.90. The van der Waals surface area contributed by atoms with E-state index in [1.54, 1.807) is 28.4 Å². The third-order valence-corrected chi connectivity index (χ3v) is 6.38. The van der Waals surface area contributed by atoms with Gasteiger partial charge in [0.2, 0.25) is 0 Å². The Morgan fingerprint density at radius 3 is 1.13 bits per heavy atom. The van der Waals surface area contributed by atoms with Gasteiger partial charge in [0, 0.05) is 23.3 Å². The van der Waals surface area contributed by atoms with Crippen LogP contribution in [0.25, 0.3) is 23.7 Å². The number of aryl methyl sites for hydroxylation is 2. The van der Waals surface area contributed by atoms with Crippen LogP contribution in [-0.4, -0.2) is 28.4 Å². The quantitative estimate of drug-likeness (QED) is 0.156. The summed E-state index contributed by atoms with van der Waals surface area (Å²) in [6, 6.07) is 27.8. The molecule has 0 fully saturated rings. The molecule has 0 saturated carbocycles. The number of hydrogen-bond donors (Lipinski definition) is 0. The molecule has 0 radical (unpaired) electrons. The Morgan fingerprint density at radius 2 is 0.821 bits per heavy atom. The van der Waals surface area contributed by atoms with Gasteiger partial charge in [-0.25, -0.2) is 0 Å². The van der Waals surface area contributed by atoms with Gasteiger partial charge >= 0.3 is 0 Å². The number of hydrogen-bond acceptors (Lipinski definition) is 5. The zero-order chi connectivity index (χ0) is 27.8. The van der Waals surface area contributed by atoms with E-state index in [4.69, 9.17) is 23.7 Å². The summed E-state index contributed by atoms with van der Waals surface area (Å²) < 4.78 is 28.9. The average Bonchev–Trinajstić information content (AvgIpc) is 2.96. The fourth-order valence-electron chi connectivity index (χ4n) is 4.27. The lowest BCUT2D eigenvalue weighted by Crippen LogP contribution is -1.98. The Labute approximate surface area is 230 Å². The van der Waals surface area contributed by atoms with Crippen LogP contribution in [0.1, 0.15) is 33.4 Å². The van der Waals surface area contributed by atoms with Gasteiger partial charge in [-0.1, -0.05) is 48.5 Å². The van der Waals surface area contributed by atoms with E-state index in [9.17, 15) is 0 Å². The first-order valence-electron chi connectivity index (χ1n) is 12.6. The van der Waals surface area contributed by atoms with Gasteiger partial charge in [-0.15, -0.1) is 0 Å². The maximum Gasteiger partial charge on any atom is 0.135 e. The summed E-state index contributed by atoms with van der Waals surface area (Å²) in [7, 11) is 6.57. The molecular formula is C34H34O5. The van der Waals surface area contributed by atoms with Gasteiger partial charge in [0.25, 0.3) is 0 Å². The van der Waals surface area contributed by atoms with Crippen molar-refractivity contribution in [3.8, 4) is 23.0 Å². The lowest BCUT2D eigenvalue weighted by Gasteiger charge is -2.18. The van der Waals surface area contributed by atoms with Gasteiger partial charge in [0.15, 0.2) is 0 Å². The molecule has 4 rings (SSSR count). The van der Waals surface area contributed by atoms with Gasteiger partial charge < -0.3 is 23.7 Å². The lowest BCUT2D eigenvalue weighted by atomic mass is 10.0. The van der Waals surface area contributed by atoms with Crippen LogP contribution >= 0.6 is 0 Å². The van der Waals surface area contributed by atoms with E-state index in [1.165, 1.54) is 0 Å². The molecule has 0 aliphatic heterocycles. The monoisotopic (exact) mass is 522 g/mol. The van der Waals surface area contributed by atoms with E-state index in [2.05, 4.69) is 38.1 Å². The van der Waals surface area contributed by atoms with Crippen LogP contribution in [0, 0.1) is 13.8 Å². The SMILES string of the molecule is COc1cc(/C=C(/O/C(=C/c2cc(OC)cc(OC)c2)c2ccccc2C)c2ccccc2C)cc(OC)c1. The molecule has 0 N–H and O–H groups in total. The molecule has 0 unspecified atom stereocenters. The molecule has 5 nitrogen and oxygen atoms in total. The molecular weight excluding hydrogens is 488 g/mol. The molecule has 4 aromatic rings. The predicted octanol–water partition coefficient (Wildman–Crippen LogP) is 8.05. The highest BCUT2D eigenvalue weighted by Gasteiger charge is 2.15. The largest absolute Gasteiger partial charge is 0.497 e. The van der Waals surface area contributed by atoms with Crippen LogP contribution in [0.3, 0.4) is 0 Å². The van der Waals surface area contributed by atoms with E-state index in [1.807, 2.05) is 72.8 Å². The van der Waals surface area contributed by atoms with E-state index in [0.717, 1.165) is 33.4 Å². The molecule has 0 aromatic heterocycles. The second-order valence-corrected chi connectivity index (χ2v) is 9.04. The number of ether oxygens (including phenoxy) is 5. The summed E-state index contributed by atoms with van der Waals surface area (Å²) >= 11 is 0. The Kier molecular flexibility index (Phi) is 8.95. The van der Waals surface area contributed by atoms with Crippen LogP contribution in [0.4, 0.5) is 0 Å². The predicted molar refractivity (Wildman–Crippen MR) is 158 cm³/mol. The molecule has 0 spiro atoms. The fourth-order valence-corrected chi connectivity index (χ4v) is 4.27. The van der Waals surface area contributed by atoms with Gasteiger partial charge in [-0.3, -0.25) is 0 Å². The summed E-state index contributed by atoms with van der Waals surface area (Å²) in [6.07, 6.45) is 4.01. The molecule has 0 amide bonds. The Balaban J connectivity index is 1.92. The zero-order valence-corrected chi connectivity index (χ0v) is 23.3. The minimum atomic E-state index is 0.688. The summed E-state index contributed by atoms with van der Waals surface area (Å²) in [6.45, 7) is 4.14. The summed E-state index contributed by atoms with van der Waals surface area (Å²) in [5, 5.41) is 0. The van der Waals surface area contributed by atoms with Crippen molar-refractivity contribution >= 4 is 23.7 Å². The molecule has 0 atom stereocenters. The average molecular weight is 523 g/mol. The second-order valence-electron chi connectivity index (χ2n) is 9.04. The van der Waals surface area contributed by atoms with Crippen LogP contribution in [0.2, 0.25) is 0 Å². The molecule has 0 heterocycles. The number of rotatable bonds is 10. The standard InChI is InChI=1S/C34H34O5/c1-23-11-7-9-13-31(23)33(19-25-15-27(35-3)21-28(16-25)36-4)39-34(32-14-10-8-12-24(32)2)20-26-17-29(37-5)22-30(18-26)38-6/h7-22H,1-6H3/b33-19+,34-20+. The van der Waals surface area contributed by atoms with E-state index >= 15 is 0 Å². The van der Waals surface area contributed by atoms with Crippen LogP contribution in [0.5, 0.6) is 23.0 Å². The maximum absolute atomic E-state index is 6.85. The van der Waals surface area contributed by atoms with Crippen molar-refractivity contribution in [1.29, 1.82) is 0 Å². The second kappa shape index (κ2) is 12.7. The number of benzene rings is 4. The minimum Gasteiger partial charge on any atom is -0.497 e. The molecule has 0 bridgehead atoms. The zero-order valence-electron chi connectivity index (χ0n) is 23.3. The Bertz CT molecular complexity index is 1340. The maximum atomic E-state index is 6.85. The van der Waals surface area contributed by atoms with Crippen LogP contribution in [-0.2, 0) is 4.74 Å². The van der Waals surface area contributed by atoms with Crippen LogP contribution < -0.4 is 18.9 Å². The smallest absolute Gasteiger partial charge is 0.135 e. The van der Waals surface area contributed by atoms with Gasteiger partial charge in [-0.05, 0) is 72.5 Å². The van der Waals surface area contributed by atoms with Gasteiger partial charge in [0.1, 0.15) is 34.5 Å². The van der Waals surface area contributed by atoms with E-state index in [-0.39, 0.29) is 0 Å². The highest BCUT2D eigenvalue weighted by atomic mass is 16.5. The summed E-state index contributed by atoms with van der Waals surface area (Å²) in [5.74, 6) is 4.16. The van der Waals surface area contributed by atoms with Gasteiger partial charge in [-0.2, -0.15) is 0 Å². The third-order valence-electron chi connectivity index (χ3n) is 6.38. The molecule has 39 heavy (non-hydrogen) atoms. The highest BCUT2D eigenvalue weighted by molar-refractivity contribution is 5.87. The first-order valence-corrected chi connectivity index (χ1v) is 12.6. The van der Waals surface area contributed by atoms with Crippen molar-refractivity contribution in [2.45, 2.75) is 13.8 Å². The van der Waals surface area contributed by atoms with Crippen molar-refractivity contribution in [2.24, 2.45) is 0 Å². The topological polar surface area (TPSA) is 46.2 Å². The fraction of sp³-hybridized carbons (Fsp3) is 0.176. The Hall–Kier alpha value is -4.64. The molecule has 0 saturated heterocycles. The molecule has 4 aromatic carbocycles. The van der Waals surface area contributed by atoms with Crippen molar-refractivity contribution in [1.82, 2.24) is 0 Å². The number of methoxy groups -OCH3 is 4. The van der Waals surface area contributed by atoms with Crippen molar-refractivity contribution in [3.05, 3.63) is 118 Å². The summed E-state index contributed by atoms with van der Waals surface area (Å²) in [4.78, 5) is 0. The highest BCUT2D eigenvalue weighted by Crippen LogP contribution is 2.34. The Morgan fingerprint density at radius 1 is 0.487 bits per heavy atom. The van der Waals surface area contributed by atoms with Crippen molar-refractivity contribution in [3.63, 3.8) is 0 Å². The van der Waals surface area contributed by atoms with E-state index < -0.39 is 0 Å². The van der Waals surface area contributed by atoms with E-state index in [0.29, 0.717) is 34.5 Å². The molecule has 200 valence electrons. The lowest BCUT2D eigenvalue weighted by molar-refractivity contribution is 0.394. The van der Waals surface area contributed by atoms with Crippen molar-refractivity contribution < 1.29 is 23.7 Å². The molecule has 0 aliphatic rings. The normalized spacial score (nSPS) is 11.6. The first kappa shape index (κ1) is 27.4. The molecule has 0 aliphatic carbocycles. The van der Waals surface area contributed by atoms with Gasteiger partial charge in [0.05, 0.1) is 28.4 Å². The molecule has 5 heteroatoms. The first-order chi connectivity index (χ1) is 18.9. The minimum absolute atomic E-state index is 0.688. The van der Waals surface area contributed by atoms with Crippen molar-refractivity contribution in [2.75, 3.05) is 28.4 Å². The van der Waals surface area contributed by atoms with Crippen LogP contribution in [0.15, 0.2) is 84.9 Å². The third kappa shape index (κ3) is 6.82.